The molecule has 8 nitrogen and oxygen atoms in total. The molecule has 0 bridgehead atoms. The summed E-state index contributed by atoms with van der Waals surface area (Å²) in [5.41, 5.74) is 3.39. The van der Waals surface area contributed by atoms with Crippen LogP contribution in [0.3, 0.4) is 0 Å². The number of aliphatic hydroxyl groups excluding tert-OH is 1. The minimum Gasteiger partial charge on any atom is -0.449 e. The standard InChI is InChI=1S/C25H28N4O4S/c1-16-8-9-27-13-18(16)5-7-23(31)28-24-21(12-26)20-6-4-17(11-22(20)34-24)15-33-25(32)29-10-2-3-19(29)14-30/h5,7-9,13,17,19,30H,2-4,6,10-11,14-15H2,1H3,(H,28,31)/b7-5+/t17?,19-/m0/s1. The number of likely N-dealkylation sites (tertiary alicyclic amines) is 1. The van der Waals surface area contributed by atoms with E-state index in [1.54, 1.807) is 23.4 Å². The van der Waals surface area contributed by atoms with E-state index < -0.39 is 0 Å². The maximum absolute atomic E-state index is 12.5. The normalized spacial score (nSPS) is 19.6. The number of carbonyl (C=O) groups is 2. The van der Waals surface area contributed by atoms with E-state index in [0.717, 1.165) is 40.8 Å². The van der Waals surface area contributed by atoms with Gasteiger partial charge in [-0.3, -0.25) is 9.78 Å². The van der Waals surface area contributed by atoms with E-state index in [1.807, 2.05) is 13.0 Å². The third-order valence-corrected chi connectivity index (χ3v) is 7.64. The van der Waals surface area contributed by atoms with Gasteiger partial charge in [-0.1, -0.05) is 0 Å². The topological polar surface area (TPSA) is 116 Å². The van der Waals surface area contributed by atoms with Gasteiger partial charge in [0.2, 0.25) is 5.91 Å². The number of hydrogen-bond donors (Lipinski definition) is 2. The zero-order chi connectivity index (χ0) is 24.1. The molecule has 2 atom stereocenters. The number of ether oxygens (including phenoxy) is 1. The fraction of sp³-hybridized carbons (Fsp3) is 0.440. The number of aromatic nitrogens is 1. The number of nitrogens with zero attached hydrogens (tertiary/aromatic N) is 3. The number of thiophene rings is 1. The molecule has 4 rings (SSSR count). The maximum Gasteiger partial charge on any atom is 0.410 e. The Kier molecular flexibility index (Phi) is 7.60. The number of aryl methyl sites for hydroxylation is 1. The smallest absolute Gasteiger partial charge is 0.410 e. The van der Waals surface area contributed by atoms with Gasteiger partial charge >= 0.3 is 6.09 Å². The molecule has 0 spiro atoms. The summed E-state index contributed by atoms with van der Waals surface area (Å²) in [7, 11) is 0. The first-order valence-corrected chi connectivity index (χ1v) is 12.3. The zero-order valence-electron chi connectivity index (χ0n) is 19.1. The van der Waals surface area contributed by atoms with Crippen molar-refractivity contribution in [3.05, 3.63) is 51.7 Å². The summed E-state index contributed by atoms with van der Waals surface area (Å²) in [5, 5.41) is 22.6. The number of rotatable bonds is 6. The molecule has 2 amide bonds. The Balaban J connectivity index is 1.37. The quantitative estimate of drug-likeness (QED) is 0.610. The van der Waals surface area contributed by atoms with Crippen molar-refractivity contribution in [1.82, 2.24) is 9.88 Å². The van der Waals surface area contributed by atoms with Gasteiger partial charge in [0.25, 0.3) is 0 Å². The Morgan fingerprint density at radius 2 is 2.29 bits per heavy atom. The van der Waals surface area contributed by atoms with Gasteiger partial charge in [0.1, 0.15) is 11.1 Å². The van der Waals surface area contributed by atoms with Crippen molar-refractivity contribution in [2.75, 3.05) is 25.1 Å². The Hall–Kier alpha value is -3.22. The van der Waals surface area contributed by atoms with E-state index in [-0.39, 0.29) is 30.6 Å². The Bertz CT molecular complexity index is 1140. The lowest BCUT2D eigenvalue weighted by atomic mass is 9.88. The molecular weight excluding hydrogens is 452 g/mol. The van der Waals surface area contributed by atoms with Gasteiger partial charge in [0, 0.05) is 29.9 Å². The first kappa shape index (κ1) is 23.9. The molecule has 0 radical (unpaired) electrons. The molecule has 9 heteroatoms. The lowest BCUT2D eigenvalue weighted by molar-refractivity contribution is -0.111. The van der Waals surface area contributed by atoms with Crippen LogP contribution in [0.25, 0.3) is 6.08 Å². The van der Waals surface area contributed by atoms with Crippen molar-refractivity contribution < 1.29 is 19.4 Å². The predicted octanol–water partition coefficient (Wildman–Crippen LogP) is 3.67. The summed E-state index contributed by atoms with van der Waals surface area (Å²) in [5.74, 6) is -0.137. The summed E-state index contributed by atoms with van der Waals surface area (Å²) in [4.78, 5) is 31.6. The van der Waals surface area contributed by atoms with Gasteiger partial charge in [0.05, 0.1) is 24.8 Å². The number of hydrogen-bond acceptors (Lipinski definition) is 7. The highest BCUT2D eigenvalue weighted by Crippen LogP contribution is 2.39. The van der Waals surface area contributed by atoms with Gasteiger partial charge in [-0.25, -0.2) is 4.79 Å². The Morgan fingerprint density at radius 1 is 1.44 bits per heavy atom. The average Bonchev–Trinajstić information content (AvgIpc) is 3.45. The lowest BCUT2D eigenvalue weighted by Crippen LogP contribution is -2.38. The first-order chi connectivity index (χ1) is 16.5. The van der Waals surface area contributed by atoms with E-state index in [0.29, 0.717) is 36.6 Å². The number of amides is 2. The number of carbonyl (C=O) groups excluding carboxylic acids is 2. The highest BCUT2D eigenvalue weighted by molar-refractivity contribution is 7.16. The number of nitriles is 1. The molecule has 178 valence electrons. The van der Waals surface area contributed by atoms with Crippen molar-refractivity contribution >= 4 is 34.4 Å². The van der Waals surface area contributed by atoms with Gasteiger partial charge in [-0.2, -0.15) is 5.26 Å². The first-order valence-electron chi connectivity index (χ1n) is 11.5. The molecule has 2 N–H and O–H groups in total. The van der Waals surface area contributed by atoms with Gasteiger partial charge in [-0.05, 0) is 73.8 Å². The van der Waals surface area contributed by atoms with Crippen LogP contribution >= 0.6 is 11.3 Å². The van der Waals surface area contributed by atoms with Crippen molar-refractivity contribution in [1.29, 1.82) is 5.26 Å². The molecule has 3 heterocycles. The second-order valence-corrected chi connectivity index (χ2v) is 9.84. The number of pyridine rings is 1. The molecule has 34 heavy (non-hydrogen) atoms. The fourth-order valence-electron chi connectivity index (χ4n) is 4.51. The van der Waals surface area contributed by atoms with Crippen LogP contribution in [0.4, 0.5) is 9.80 Å². The minimum atomic E-state index is -0.366. The van der Waals surface area contributed by atoms with Crippen LogP contribution in [0.5, 0.6) is 0 Å². The van der Waals surface area contributed by atoms with Gasteiger partial charge in [-0.15, -0.1) is 11.3 Å². The Labute approximate surface area is 202 Å². The third-order valence-electron chi connectivity index (χ3n) is 6.47. The minimum absolute atomic E-state index is 0.0421. The molecule has 1 aliphatic heterocycles. The van der Waals surface area contributed by atoms with Crippen molar-refractivity contribution in [3.63, 3.8) is 0 Å². The van der Waals surface area contributed by atoms with E-state index in [4.69, 9.17) is 4.74 Å². The molecule has 1 aliphatic carbocycles. The van der Waals surface area contributed by atoms with Crippen LogP contribution < -0.4 is 5.32 Å². The molecule has 0 aromatic carbocycles. The van der Waals surface area contributed by atoms with Gasteiger partial charge in [0.15, 0.2) is 0 Å². The summed E-state index contributed by atoms with van der Waals surface area (Å²) in [6.45, 7) is 2.83. The van der Waals surface area contributed by atoms with Crippen LogP contribution in [0.1, 0.15) is 46.4 Å². The number of aliphatic hydroxyl groups is 1. The SMILES string of the molecule is Cc1ccncc1/C=C/C(=O)Nc1sc2c(c1C#N)CCC(COC(=O)N1CCC[C@H]1CO)C2. The molecule has 2 aliphatic rings. The van der Waals surface area contributed by atoms with Crippen molar-refractivity contribution in [3.8, 4) is 6.07 Å². The van der Waals surface area contributed by atoms with Gasteiger partial charge < -0.3 is 20.1 Å². The zero-order valence-corrected chi connectivity index (χ0v) is 19.9. The molecule has 1 unspecified atom stereocenters. The van der Waals surface area contributed by atoms with E-state index in [2.05, 4.69) is 16.4 Å². The predicted molar refractivity (Wildman–Crippen MR) is 129 cm³/mol. The van der Waals surface area contributed by atoms with Crippen molar-refractivity contribution in [2.45, 2.75) is 45.1 Å². The summed E-state index contributed by atoms with van der Waals surface area (Å²) < 4.78 is 5.56. The summed E-state index contributed by atoms with van der Waals surface area (Å²) in [6.07, 6.45) is 10.1. The highest BCUT2D eigenvalue weighted by atomic mass is 32.1. The van der Waals surface area contributed by atoms with Crippen molar-refractivity contribution in [2.24, 2.45) is 5.92 Å². The van der Waals surface area contributed by atoms with Crippen LogP contribution in [0.2, 0.25) is 0 Å². The molecule has 1 saturated heterocycles. The summed E-state index contributed by atoms with van der Waals surface area (Å²) >= 11 is 1.42. The molecular formula is C25H28N4O4S. The maximum atomic E-state index is 12.5. The van der Waals surface area contributed by atoms with E-state index in [9.17, 15) is 20.0 Å². The monoisotopic (exact) mass is 480 g/mol. The largest absolute Gasteiger partial charge is 0.449 e. The van der Waals surface area contributed by atoms with Crippen LogP contribution in [-0.2, 0) is 22.4 Å². The van der Waals surface area contributed by atoms with Crippen LogP contribution in [-0.4, -0.2) is 52.8 Å². The molecule has 1 fully saturated rings. The Morgan fingerprint density at radius 3 is 3.06 bits per heavy atom. The second kappa shape index (κ2) is 10.8. The molecule has 0 saturated carbocycles. The fourth-order valence-corrected chi connectivity index (χ4v) is 5.83. The van der Waals surface area contributed by atoms with Crippen LogP contribution in [0, 0.1) is 24.2 Å². The number of fused-ring (bicyclic) bond motifs is 1. The van der Waals surface area contributed by atoms with E-state index >= 15 is 0 Å². The molecule has 2 aromatic heterocycles. The molecule has 2 aromatic rings. The van der Waals surface area contributed by atoms with Crippen LogP contribution in [0.15, 0.2) is 24.5 Å². The highest BCUT2D eigenvalue weighted by Gasteiger charge is 2.31. The number of anilines is 1. The lowest BCUT2D eigenvalue weighted by Gasteiger charge is -2.25. The second-order valence-electron chi connectivity index (χ2n) is 8.73. The summed E-state index contributed by atoms with van der Waals surface area (Å²) in [6, 6.07) is 3.98. The number of nitrogens with one attached hydrogen (secondary N) is 1. The third kappa shape index (κ3) is 5.29. The van der Waals surface area contributed by atoms with E-state index in [1.165, 1.54) is 17.4 Å². The average molecular weight is 481 g/mol.